The van der Waals surface area contributed by atoms with Gasteiger partial charge in [-0.25, -0.2) is 0 Å². The highest BCUT2D eigenvalue weighted by atomic mass is 15.0. The van der Waals surface area contributed by atoms with Crippen LogP contribution in [0.25, 0.3) is 110 Å². The minimum Gasteiger partial charge on any atom is -0.309 e. The van der Waals surface area contributed by atoms with Crippen LogP contribution in [0.2, 0.25) is 0 Å². The van der Waals surface area contributed by atoms with Crippen molar-refractivity contribution >= 4 is 75.9 Å². The Morgan fingerprint density at radius 2 is 0.589 bits per heavy atom. The average molecular weight is 711 g/mol. The van der Waals surface area contributed by atoms with E-state index in [1.807, 2.05) is 0 Å². The lowest BCUT2D eigenvalue weighted by Crippen LogP contribution is -1.94. The zero-order valence-electron chi connectivity index (χ0n) is 30.5. The molecule has 0 atom stereocenters. The van der Waals surface area contributed by atoms with Crippen molar-refractivity contribution in [1.29, 1.82) is 0 Å². The zero-order chi connectivity index (χ0) is 36.7. The van der Waals surface area contributed by atoms with Crippen LogP contribution in [0.4, 0.5) is 0 Å². The van der Waals surface area contributed by atoms with E-state index in [9.17, 15) is 0 Å². The highest BCUT2D eigenvalue weighted by Gasteiger charge is 2.17. The van der Waals surface area contributed by atoms with Crippen LogP contribution in [-0.4, -0.2) is 9.13 Å². The van der Waals surface area contributed by atoms with Gasteiger partial charge < -0.3 is 9.13 Å². The lowest BCUT2D eigenvalue weighted by atomic mass is 9.92. The van der Waals surface area contributed by atoms with E-state index in [-0.39, 0.29) is 0 Å². The number of nitrogens with zero attached hydrogens (tertiary/aromatic N) is 2. The van der Waals surface area contributed by atoms with Crippen molar-refractivity contribution < 1.29 is 0 Å². The molecular formula is C54H34N2. The molecule has 2 heterocycles. The van der Waals surface area contributed by atoms with E-state index in [1.54, 1.807) is 0 Å². The normalized spacial score (nSPS) is 11.9. The number of aromatic nitrogens is 2. The van der Waals surface area contributed by atoms with Crippen LogP contribution >= 0.6 is 0 Å². The molecule has 0 aliphatic rings. The Hall–Kier alpha value is -7.42. The SMILES string of the molecule is c1ccc(-c2ccc3c(c2)c2ccccc2c2ccc(-n4c5ccccc5c5cc(-c6ccc7c(c6)c6ccccc6n7-c6ccccc6)ccc54)cc23)cc1. The van der Waals surface area contributed by atoms with Crippen LogP contribution in [0.15, 0.2) is 206 Å². The Balaban J connectivity index is 1.05. The molecule has 2 heteroatoms. The second-order valence-corrected chi connectivity index (χ2v) is 14.9. The third-order valence-electron chi connectivity index (χ3n) is 11.9. The summed E-state index contributed by atoms with van der Waals surface area (Å²) in [6.45, 7) is 0. The highest BCUT2D eigenvalue weighted by Crippen LogP contribution is 2.41. The fraction of sp³-hybridized carbons (Fsp3) is 0. The smallest absolute Gasteiger partial charge is 0.0541 e. The molecular weight excluding hydrogens is 677 g/mol. The molecule has 0 bridgehead atoms. The molecule has 0 amide bonds. The first kappa shape index (κ1) is 31.0. The summed E-state index contributed by atoms with van der Waals surface area (Å²) in [7, 11) is 0. The van der Waals surface area contributed by atoms with E-state index in [0.717, 1.165) is 5.69 Å². The van der Waals surface area contributed by atoms with Crippen molar-refractivity contribution in [3.05, 3.63) is 206 Å². The summed E-state index contributed by atoms with van der Waals surface area (Å²) in [6.07, 6.45) is 0. The Kier molecular flexibility index (Phi) is 6.66. The van der Waals surface area contributed by atoms with Gasteiger partial charge in [0.25, 0.3) is 0 Å². The van der Waals surface area contributed by atoms with Gasteiger partial charge in [-0.15, -0.1) is 0 Å². The largest absolute Gasteiger partial charge is 0.309 e. The zero-order valence-corrected chi connectivity index (χ0v) is 30.5. The minimum atomic E-state index is 1.16. The van der Waals surface area contributed by atoms with Crippen LogP contribution in [0.1, 0.15) is 0 Å². The Labute approximate surface area is 323 Å². The summed E-state index contributed by atoms with van der Waals surface area (Å²) >= 11 is 0. The first-order valence-corrected chi connectivity index (χ1v) is 19.3. The topological polar surface area (TPSA) is 9.86 Å². The Morgan fingerprint density at radius 3 is 1.23 bits per heavy atom. The molecule has 0 aliphatic carbocycles. The fourth-order valence-corrected chi connectivity index (χ4v) is 9.33. The Morgan fingerprint density at radius 1 is 0.196 bits per heavy atom. The van der Waals surface area contributed by atoms with Crippen molar-refractivity contribution in [2.24, 2.45) is 0 Å². The first-order valence-electron chi connectivity index (χ1n) is 19.3. The van der Waals surface area contributed by atoms with Crippen molar-refractivity contribution in [2.45, 2.75) is 0 Å². The Bertz CT molecular complexity index is 3510. The van der Waals surface area contributed by atoms with E-state index in [4.69, 9.17) is 0 Å². The molecule has 0 saturated heterocycles. The van der Waals surface area contributed by atoms with E-state index in [2.05, 4.69) is 215 Å². The van der Waals surface area contributed by atoms with E-state index < -0.39 is 0 Å². The summed E-state index contributed by atoms with van der Waals surface area (Å²) in [5.74, 6) is 0. The summed E-state index contributed by atoms with van der Waals surface area (Å²) < 4.78 is 4.83. The molecule has 2 aromatic heterocycles. The standard InChI is InChI=1S/C54H34N2/c1-3-13-35(14-4-1)36-23-27-44-47(31-36)42-18-8-7-17-41(42)43-28-26-40(34-48(43)44)56-52-22-12-10-20-46(52)50-33-38(25-30-54(50)56)37-24-29-53-49(32-37)45-19-9-11-21-51(45)55(53)39-15-5-2-6-16-39/h1-34H. The quantitative estimate of drug-likeness (QED) is 0.161. The van der Waals surface area contributed by atoms with Gasteiger partial charge in [-0.3, -0.25) is 0 Å². The van der Waals surface area contributed by atoms with E-state index in [1.165, 1.54) is 104 Å². The van der Waals surface area contributed by atoms with Gasteiger partial charge in [-0.2, -0.15) is 0 Å². The molecule has 0 fully saturated rings. The van der Waals surface area contributed by atoms with Crippen LogP contribution in [0, 0.1) is 0 Å². The molecule has 0 N–H and O–H groups in total. The molecule has 0 unspecified atom stereocenters. The average Bonchev–Trinajstić information content (AvgIpc) is 3.79. The highest BCUT2D eigenvalue weighted by molar-refractivity contribution is 6.26. The van der Waals surface area contributed by atoms with Crippen molar-refractivity contribution in [3.8, 4) is 33.6 Å². The maximum absolute atomic E-state index is 2.45. The van der Waals surface area contributed by atoms with Gasteiger partial charge in [0.15, 0.2) is 0 Å². The molecule has 10 aromatic carbocycles. The molecule has 0 aliphatic heterocycles. The maximum atomic E-state index is 2.45. The summed E-state index contributed by atoms with van der Waals surface area (Å²) in [4.78, 5) is 0. The fourth-order valence-electron chi connectivity index (χ4n) is 9.33. The second-order valence-electron chi connectivity index (χ2n) is 14.9. The number of para-hydroxylation sites is 3. The lowest BCUT2D eigenvalue weighted by Gasteiger charge is -2.15. The van der Waals surface area contributed by atoms with Gasteiger partial charge in [0.2, 0.25) is 0 Å². The predicted molar refractivity (Wildman–Crippen MR) is 239 cm³/mol. The number of hydrogen-bond acceptors (Lipinski definition) is 0. The number of fused-ring (bicyclic) bond motifs is 12. The monoisotopic (exact) mass is 710 g/mol. The van der Waals surface area contributed by atoms with Crippen LogP contribution < -0.4 is 0 Å². The van der Waals surface area contributed by atoms with Gasteiger partial charge in [0.1, 0.15) is 0 Å². The van der Waals surface area contributed by atoms with Crippen LogP contribution in [0.5, 0.6) is 0 Å². The molecule has 2 nitrogen and oxygen atoms in total. The van der Waals surface area contributed by atoms with Crippen LogP contribution in [0.3, 0.4) is 0 Å². The third kappa shape index (κ3) is 4.57. The molecule has 12 rings (SSSR count). The van der Waals surface area contributed by atoms with Crippen LogP contribution in [-0.2, 0) is 0 Å². The molecule has 0 saturated carbocycles. The summed E-state index contributed by atoms with van der Waals surface area (Å²) in [5.41, 5.74) is 12.1. The van der Waals surface area contributed by atoms with E-state index in [0.29, 0.717) is 0 Å². The molecule has 12 aromatic rings. The van der Waals surface area contributed by atoms with Gasteiger partial charge in [-0.05, 0) is 121 Å². The maximum Gasteiger partial charge on any atom is 0.0541 e. The number of benzene rings is 10. The van der Waals surface area contributed by atoms with Gasteiger partial charge >= 0.3 is 0 Å². The van der Waals surface area contributed by atoms with E-state index >= 15 is 0 Å². The predicted octanol–water partition coefficient (Wildman–Crippen LogP) is 14.7. The molecule has 56 heavy (non-hydrogen) atoms. The summed E-state index contributed by atoms with van der Waals surface area (Å²) in [5, 5.41) is 12.7. The number of hydrogen-bond donors (Lipinski definition) is 0. The second kappa shape index (κ2) is 12.0. The van der Waals surface area contributed by atoms with Gasteiger partial charge in [-0.1, -0.05) is 140 Å². The van der Waals surface area contributed by atoms with Gasteiger partial charge in [0, 0.05) is 32.9 Å². The van der Waals surface area contributed by atoms with Crippen molar-refractivity contribution in [1.82, 2.24) is 9.13 Å². The molecule has 260 valence electrons. The number of rotatable bonds is 4. The first-order chi connectivity index (χ1) is 27.8. The van der Waals surface area contributed by atoms with Crippen molar-refractivity contribution in [2.75, 3.05) is 0 Å². The molecule has 0 radical (unpaired) electrons. The van der Waals surface area contributed by atoms with Gasteiger partial charge in [0.05, 0.1) is 22.1 Å². The minimum absolute atomic E-state index is 1.16. The van der Waals surface area contributed by atoms with Crippen molar-refractivity contribution in [3.63, 3.8) is 0 Å². The third-order valence-corrected chi connectivity index (χ3v) is 11.9. The summed E-state index contributed by atoms with van der Waals surface area (Å²) in [6, 6.07) is 75.8. The lowest BCUT2D eigenvalue weighted by molar-refractivity contribution is 1.18. The molecule has 0 spiro atoms.